The van der Waals surface area contributed by atoms with Crippen LogP contribution in [0.25, 0.3) is 0 Å². The van der Waals surface area contributed by atoms with Gasteiger partial charge in [-0.05, 0) is 30.4 Å². The molecule has 1 aliphatic rings. The van der Waals surface area contributed by atoms with Crippen LogP contribution >= 0.6 is 27.7 Å². The van der Waals surface area contributed by atoms with Crippen molar-refractivity contribution in [3.8, 4) is 0 Å². The van der Waals surface area contributed by atoms with Crippen LogP contribution in [0.5, 0.6) is 0 Å². The molecule has 0 amide bonds. The molecule has 1 aromatic rings. The summed E-state index contributed by atoms with van der Waals surface area (Å²) in [6, 6.07) is 7.00. The zero-order chi connectivity index (χ0) is 10.0. The molecule has 0 atom stereocenters. The van der Waals surface area contributed by atoms with E-state index in [-0.39, 0.29) is 5.82 Å². The van der Waals surface area contributed by atoms with Gasteiger partial charge >= 0.3 is 0 Å². The lowest BCUT2D eigenvalue weighted by Crippen LogP contribution is -2.05. The Morgan fingerprint density at radius 3 is 2.64 bits per heavy atom. The molecule has 0 bridgehead atoms. The van der Waals surface area contributed by atoms with Crippen molar-refractivity contribution in [3.63, 3.8) is 0 Å². The molecule has 1 saturated carbocycles. The molecular weight excluding hydrogens is 263 g/mol. The Morgan fingerprint density at radius 2 is 2.07 bits per heavy atom. The normalized spacial score (nSPS) is 18.1. The Kier molecular flexibility index (Phi) is 3.17. The van der Waals surface area contributed by atoms with E-state index in [1.165, 1.54) is 18.9 Å². The molecule has 0 aliphatic heterocycles. The highest BCUT2D eigenvalue weighted by molar-refractivity contribution is 9.09. The Balaban J connectivity index is 1.95. The third-order valence-corrected chi connectivity index (χ3v) is 5.20. The van der Waals surface area contributed by atoms with E-state index in [4.69, 9.17) is 0 Å². The average Bonchev–Trinajstić information content (AvgIpc) is 2.98. The van der Waals surface area contributed by atoms with Crippen LogP contribution in [-0.2, 0) is 0 Å². The van der Waals surface area contributed by atoms with Crippen LogP contribution in [0, 0.1) is 11.2 Å². The standard InChI is InChI=1S/C11H12BrFS/c12-7-11(5-6-11)8-14-10-4-2-1-3-9(10)13/h1-4H,5-8H2. The van der Waals surface area contributed by atoms with Gasteiger partial charge in [0.05, 0.1) is 0 Å². The third-order valence-electron chi connectivity index (χ3n) is 2.61. The molecule has 76 valence electrons. The van der Waals surface area contributed by atoms with Crippen molar-refractivity contribution in [2.24, 2.45) is 5.41 Å². The van der Waals surface area contributed by atoms with Crippen molar-refractivity contribution in [1.29, 1.82) is 0 Å². The average molecular weight is 275 g/mol. The van der Waals surface area contributed by atoms with Crippen molar-refractivity contribution >= 4 is 27.7 Å². The molecule has 1 aromatic carbocycles. The first-order valence-electron chi connectivity index (χ1n) is 4.69. The van der Waals surface area contributed by atoms with Gasteiger partial charge in [0.2, 0.25) is 0 Å². The third kappa shape index (κ3) is 2.31. The summed E-state index contributed by atoms with van der Waals surface area (Å²) in [6.07, 6.45) is 2.55. The van der Waals surface area contributed by atoms with Crippen molar-refractivity contribution in [2.75, 3.05) is 11.1 Å². The van der Waals surface area contributed by atoms with Gasteiger partial charge in [-0.25, -0.2) is 4.39 Å². The highest BCUT2D eigenvalue weighted by atomic mass is 79.9. The second-order valence-corrected chi connectivity index (χ2v) is 5.43. The van der Waals surface area contributed by atoms with E-state index in [0.717, 1.165) is 16.0 Å². The van der Waals surface area contributed by atoms with Gasteiger partial charge in [0, 0.05) is 16.0 Å². The lowest BCUT2D eigenvalue weighted by Gasteiger charge is -2.10. The smallest absolute Gasteiger partial charge is 0.136 e. The van der Waals surface area contributed by atoms with Crippen molar-refractivity contribution in [2.45, 2.75) is 17.7 Å². The Labute approximate surface area is 96.4 Å². The summed E-state index contributed by atoms with van der Waals surface area (Å²) in [6.45, 7) is 0. The number of hydrogen-bond acceptors (Lipinski definition) is 1. The molecule has 14 heavy (non-hydrogen) atoms. The SMILES string of the molecule is Fc1ccccc1SCC1(CBr)CC1. The van der Waals surface area contributed by atoms with Gasteiger partial charge in [-0.1, -0.05) is 28.1 Å². The minimum atomic E-state index is -0.0946. The number of benzene rings is 1. The summed E-state index contributed by atoms with van der Waals surface area (Å²) in [5, 5.41) is 1.04. The van der Waals surface area contributed by atoms with E-state index < -0.39 is 0 Å². The van der Waals surface area contributed by atoms with Crippen LogP contribution < -0.4 is 0 Å². The van der Waals surface area contributed by atoms with E-state index in [9.17, 15) is 4.39 Å². The molecule has 0 N–H and O–H groups in total. The van der Waals surface area contributed by atoms with Gasteiger partial charge in [-0.3, -0.25) is 0 Å². The molecule has 1 aliphatic carbocycles. The first-order valence-corrected chi connectivity index (χ1v) is 6.80. The predicted octanol–water partition coefficient (Wildman–Crippen LogP) is 4.09. The van der Waals surface area contributed by atoms with Crippen LogP contribution in [0.15, 0.2) is 29.2 Å². The molecule has 0 spiro atoms. The number of alkyl halides is 1. The molecule has 3 heteroatoms. The molecule has 1 fully saturated rings. The molecule has 0 radical (unpaired) electrons. The second kappa shape index (κ2) is 4.23. The fourth-order valence-electron chi connectivity index (χ4n) is 1.29. The van der Waals surface area contributed by atoms with Gasteiger partial charge < -0.3 is 0 Å². The highest BCUT2D eigenvalue weighted by Crippen LogP contribution is 2.50. The molecule has 0 nitrogen and oxygen atoms in total. The van der Waals surface area contributed by atoms with E-state index in [2.05, 4.69) is 15.9 Å². The number of hydrogen-bond donors (Lipinski definition) is 0. The minimum Gasteiger partial charge on any atom is -0.206 e. The Bertz CT molecular complexity index is 323. The molecule has 0 unspecified atom stereocenters. The van der Waals surface area contributed by atoms with Gasteiger partial charge in [-0.15, -0.1) is 11.8 Å². The van der Waals surface area contributed by atoms with E-state index >= 15 is 0 Å². The fraction of sp³-hybridized carbons (Fsp3) is 0.455. The largest absolute Gasteiger partial charge is 0.206 e. The quantitative estimate of drug-likeness (QED) is 0.589. The maximum Gasteiger partial charge on any atom is 0.136 e. The van der Waals surface area contributed by atoms with Gasteiger partial charge in [0.15, 0.2) is 0 Å². The van der Waals surface area contributed by atoms with Crippen LogP contribution in [0.1, 0.15) is 12.8 Å². The number of halogens is 2. The Morgan fingerprint density at radius 1 is 1.36 bits per heavy atom. The first-order chi connectivity index (χ1) is 6.76. The summed E-state index contributed by atoms with van der Waals surface area (Å²) in [5.74, 6) is 0.932. The minimum absolute atomic E-state index is 0.0946. The second-order valence-electron chi connectivity index (χ2n) is 3.85. The molecule has 2 rings (SSSR count). The van der Waals surface area contributed by atoms with E-state index in [1.54, 1.807) is 17.8 Å². The zero-order valence-electron chi connectivity index (χ0n) is 7.80. The zero-order valence-corrected chi connectivity index (χ0v) is 10.2. The summed E-state index contributed by atoms with van der Waals surface area (Å²) >= 11 is 5.15. The van der Waals surface area contributed by atoms with Crippen LogP contribution in [-0.4, -0.2) is 11.1 Å². The number of thioether (sulfide) groups is 1. The predicted molar refractivity (Wildman–Crippen MR) is 62.6 cm³/mol. The van der Waals surface area contributed by atoms with Crippen LogP contribution in [0.4, 0.5) is 4.39 Å². The van der Waals surface area contributed by atoms with Gasteiger partial charge in [0.25, 0.3) is 0 Å². The summed E-state index contributed by atoms with van der Waals surface area (Å²) in [4.78, 5) is 0.778. The maximum atomic E-state index is 13.3. The Hall–Kier alpha value is -0.0200. The molecule has 0 aromatic heterocycles. The van der Waals surface area contributed by atoms with Crippen LogP contribution in [0.3, 0.4) is 0 Å². The maximum absolute atomic E-state index is 13.3. The van der Waals surface area contributed by atoms with Gasteiger partial charge in [0.1, 0.15) is 5.82 Å². The van der Waals surface area contributed by atoms with Crippen LogP contribution in [0.2, 0.25) is 0 Å². The lowest BCUT2D eigenvalue weighted by atomic mass is 10.2. The monoisotopic (exact) mass is 274 g/mol. The topological polar surface area (TPSA) is 0 Å². The van der Waals surface area contributed by atoms with Crippen molar-refractivity contribution in [1.82, 2.24) is 0 Å². The molecular formula is C11H12BrFS. The van der Waals surface area contributed by atoms with E-state index in [0.29, 0.717) is 5.41 Å². The first kappa shape index (κ1) is 10.5. The van der Waals surface area contributed by atoms with E-state index in [1.807, 2.05) is 12.1 Å². The highest BCUT2D eigenvalue weighted by Gasteiger charge is 2.41. The summed E-state index contributed by atoms with van der Waals surface area (Å²) < 4.78 is 13.3. The molecule has 0 saturated heterocycles. The van der Waals surface area contributed by atoms with Crippen molar-refractivity contribution < 1.29 is 4.39 Å². The van der Waals surface area contributed by atoms with Gasteiger partial charge in [-0.2, -0.15) is 0 Å². The lowest BCUT2D eigenvalue weighted by molar-refractivity contribution is 0.601. The number of rotatable bonds is 4. The molecule has 0 heterocycles. The van der Waals surface area contributed by atoms with Crippen molar-refractivity contribution in [3.05, 3.63) is 30.1 Å². The summed E-state index contributed by atoms with van der Waals surface area (Å²) in [7, 11) is 0. The summed E-state index contributed by atoms with van der Waals surface area (Å²) in [5.41, 5.74) is 0.451. The fourth-order valence-corrected chi connectivity index (χ4v) is 3.54.